The van der Waals surface area contributed by atoms with E-state index in [4.69, 9.17) is 0 Å². The lowest BCUT2D eigenvalue weighted by molar-refractivity contribution is 1.19. The molecule has 0 aliphatic rings. The van der Waals surface area contributed by atoms with Crippen LogP contribution in [0.15, 0.2) is 255 Å². The maximum atomic E-state index is 2.46. The molecule has 1 heterocycles. The third-order valence-corrected chi connectivity index (χ3v) is 13.6. The van der Waals surface area contributed by atoms with Crippen LogP contribution in [0.2, 0.25) is 0 Å². The number of anilines is 3. The number of hydrogen-bond donors (Lipinski definition) is 0. The molecular formula is C64H42N2. The summed E-state index contributed by atoms with van der Waals surface area (Å²) in [6.07, 6.45) is 0. The van der Waals surface area contributed by atoms with Crippen molar-refractivity contribution < 1.29 is 0 Å². The highest BCUT2D eigenvalue weighted by Crippen LogP contribution is 2.43. The quantitative estimate of drug-likeness (QED) is 0.145. The molecule has 13 rings (SSSR count). The van der Waals surface area contributed by atoms with Crippen LogP contribution in [-0.2, 0) is 0 Å². The van der Waals surface area contributed by atoms with Crippen LogP contribution in [0.5, 0.6) is 0 Å². The number of hydrogen-bond acceptors (Lipinski definition) is 1. The second-order valence-electron chi connectivity index (χ2n) is 17.2. The fourth-order valence-corrected chi connectivity index (χ4v) is 10.5. The Hall–Kier alpha value is -8.72. The first-order chi connectivity index (χ1) is 32.7. The average molecular weight is 839 g/mol. The summed E-state index contributed by atoms with van der Waals surface area (Å²) >= 11 is 0. The van der Waals surface area contributed by atoms with Crippen LogP contribution < -0.4 is 4.90 Å². The lowest BCUT2D eigenvalue weighted by Gasteiger charge is -2.26. The van der Waals surface area contributed by atoms with Crippen LogP contribution in [-0.4, -0.2) is 4.57 Å². The number of fused-ring (bicyclic) bond motifs is 11. The van der Waals surface area contributed by atoms with Gasteiger partial charge >= 0.3 is 0 Å². The predicted molar refractivity (Wildman–Crippen MR) is 282 cm³/mol. The summed E-state index contributed by atoms with van der Waals surface area (Å²) in [7, 11) is 0. The Morgan fingerprint density at radius 3 is 1.42 bits per heavy atom. The minimum atomic E-state index is 1.09. The van der Waals surface area contributed by atoms with E-state index in [0.29, 0.717) is 0 Å². The van der Waals surface area contributed by atoms with E-state index in [9.17, 15) is 0 Å². The molecule has 0 aliphatic heterocycles. The third-order valence-electron chi connectivity index (χ3n) is 13.6. The molecule has 0 spiro atoms. The molecule has 308 valence electrons. The van der Waals surface area contributed by atoms with Crippen molar-refractivity contribution in [3.63, 3.8) is 0 Å². The van der Waals surface area contributed by atoms with Crippen LogP contribution in [0, 0.1) is 0 Å². The fourth-order valence-electron chi connectivity index (χ4n) is 10.5. The monoisotopic (exact) mass is 838 g/mol. The lowest BCUT2D eigenvalue weighted by Crippen LogP contribution is -2.09. The number of aromatic nitrogens is 1. The molecule has 1 aromatic heterocycles. The summed E-state index contributed by atoms with van der Waals surface area (Å²) in [5.41, 5.74) is 14.0. The zero-order valence-electron chi connectivity index (χ0n) is 36.1. The topological polar surface area (TPSA) is 8.17 Å². The van der Waals surface area contributed by atoms with Crippen LogP contribution in [0.3, 0.4) is 0 Å². The maximum absolute atomic E-state index is 2.46. The second kappa shape index (κ2) is 15.5. The van der Waals surface area contributed by atoms with Crippen molar-refractivity contribution >= 4 is 82.0 Å². The first-order valence-electron chi connectivity index (χ1n) is 22.8. The lowest BCUT2D eigenvalue weighted by atomic mass is 9.92. The standard InChI is InChI=1S/C64H42N2/c1-3-15-44(16-4-1)61-42-51(66-63-26-14-13-25-59(63)60-39-31-45-17-7-8-20-53(45)64(60)66)37-40-52(61)46-29-35-50(36-30-46)65(48-18-5-2-6-19-48)49-33-27-43(28-34-49)47-32-38-58-56-23-10-9-21-54(56)55-22-11-12-24-57(55)62(58)41-47/h1-42H. The van der Waals surface area contributed by atoms with E-state index < -0.39 is 0 Å². The van der Waals surface area contributed by atoms with Crippen molar-refractivity contribution in [2.45, 2.75) is 0 Å². The van der Waals surface area contributed by atoms with Crippen LogP contribution >= 0.6 is 0 Å². The Morgan fingerprint density at radius 2 is 0.742 bits per heavy atom. The zero-order valence-corrected chi connectivity index (χ0v) is 36.1. The fraction of sp³-hybridized carbons (Fsp3) is 0. The SMILES string of the molecule is c1ccc(-c2cc(-n3c4ccccc4c4ccc5ccccc5c43)ccc2-c2ccc(N(c3ccccc3)c3ccc(-c4ccc5c6ccccc6c6ccccc6c5c4)cc3)cc2)cc1. The van der Waals surface area contributed by atoms with Crippen molar-refractivity contribution in [1.29, 1.82) is 0 Å². The Bertz CT molecular complexity index is 3920. The molecule has 0 fully saturated rings. The minimum Gasteiger partial charge on any atom is -0.311 e. The van der Waals surface area contributed by atoms with E-state index in [2.05, 4.69) is 264 Å². The largest absolute Gasteiger partial charge is 0.311 e. The van der Waals surface area contributed by atoms with Gasteiger partial charge in [0, 0.05) is 38.9 Å². The Balaban J connectivity index is 0.894. The second-order valence-corrected chi connectivity index (χ2v) is 17.2. The molecule has 0 aliphatic carbocycles. The molecule has 2 heteroatoms. The molecule has 0 N–H and O–H groups in total. The van der Waals surface area contributed by atoms with E-state index in [-0.39, 0.29) is 0 Å². The van der Waals surface area contributed by atoms with Crippen LogP contribution in [0.25, 0.3) is 104 Å². The highest BCUT2D eigenvalue weighted by atomic mass is 15.1. The number of nitrogens with zero attached hydrogens (tertiary/aromatic N) is 2. The van der Waals surface area contributed by atoms with Gasteiger partial charge in [-0.15, -0.1) is 0 Å². The van der Waals surface area contributed by atoms with Gasteiger partial charge in [-0.25, -0.2) is 0 Å². The van der Waals surface area contributed by atoms with E-state index >= 15 is 0 Å². The van der Waals surface area contributed by atoms with Crippen LogP contribution in [0.4, 0.5) is 17.1 Å². The van der Waals surface area contributed by atoms with Crippen LogP contribution in [0.1, 0.15) is 0 Å². The summed E-state index contributed by atoms with van der Waals surface area (Å²) in [6.45, 7) is 0. The highest BCUT2D eigenvalue weighted by molar-refractivity contribution is 6.26. The van der Waals surface area contributed by atoms with Gasteiger partial charge in [0.2, 0.25) is 0 Å². The number of benzene rings is 12. The molecule has 66 heavy (non-hydrogen) atoms. The van der Waals surface area contributed by atoms with Gasteiger partial charge in [0.25, 0.3) is 0 Å². The summed E-state index contributed by atoms with van der Waals surface area (Å²) in [5, 5.41) is 12.7. The van der Waals surface area contributed by atoms with Gasteiger partial charge < -0.3 is 9.47 Å². The zero-order chi connectivity index (χ0) is 43.6. The maximum Gasteiger partial charge on any atom is 0.0619 e. The number of rotatable bonds is 7. The molecule has 0 bridgehead atoms. The Labute approximate surface area is 383 Å². The Kier molecular flexibility index (Phi) is 8.89. The molecule has 0 saturated carbocycles. The first kappa shape index (κ1) is 37.8. The van der Waals surface area contributed by atoms with Gasteiger partial charge in [-0.05, 0) is 132 Å². The molecule has 2 nitrogen and oxygen atoms in total. The van der Waals surface area contributed by atoms with E-state index in [0.717, 1.165) is 28.3 Å². The molecule has 0 unspecified atom stereocenters. The van der Waals surface area contributed by atoms with Crippen molar-refractivity contribution in [2.24, 2.45) is 0 Å². The molecule has 13 aromatic rings. The van der Waals surface area contributed by atoms with E-state index in [1.54, 1.807) is 0 Å². The number of para-hydroxylation sites is 2. The minimum absolute atomic E-state index is 1.09. The van der Waals surface area contributed by atoms with E-state index in [1.807, 2.05) is 0 Å². The molecular weight excluding hydrogens is 797 g/mol. The average Bonchev–Trinajstić information content (AvgIpc) is 3.74. The van der Waals surface area contributed by atoms with Crippen molar-refractivity contribution in [3.8, 4) is 39.1 Å². The first-order valence-corrected chi connectivity index (χ1v) is 22.8. The van der Waals surface area contributed by atoms with Crippen molar-refractivity contribution in [2.75, 3.05) is 4.90 Å². The Morgan fingerprint density at radius 1 is 0.258 bits per heavy atom. The summed E-state index contributed by atoms with van der Waals surface area (Å²) in [4.78, 5) is 2.35. The normalized spacial score (nSPS) is 11.6. The van der Waals surface area contributed by atoms with Gasteiger partial charge in [0.05, 0.1) is 11.0 Å². The van der Waals surface area contributed by atoms with E-state index in [1.165, 1.54) is 92.7 Å². The van der Waals surface area contributed by atoms with Gasteiger partial charge in [-0.2, -0.15) is 0 Å². The van der Waals surface area contributed by atoms with Gasteiger partial charge in [-0.3, -0.25) is 0 Å². The molecule has 0 radical (unpaired) electrons. The molecule has 0 amide bonds. The molecule has 0 saturated heterocycles. The van der Waals surface area contributed by atoms with Crippen molar-refractivity contribution in [1.82, 2.24) is 4.57 Å². The van der Waals surface area contributed by atoms with Crippen molar-refractivity contribution in [3.05, 3.63) is 255 Å². The summed E-state index contributed by atoms with van der Waals surface area (Å²) in [5.74, 6) is 0. The molecule has 12 aromatic carbocycles. The third kappa shape index (κ3) is 6.18. The summed E-state index contributed by atoms with van der Waals surface area (Å²) in [6, 6.07) is 93.1. The summed E-state index contributed by atoms with van der Waals surface area (Å²) < 4.78 is 2.46. The van der Waals surface area contributed by atoms with Gasteiger partial charge in [0.15, 0.2) is 0 Å². The molecule has 0 atom stereocenters. The van der Waals surface area contributed by atoms with Gasteiger partial charge in [-0.1, -0.05) is 194 Å². The van der Waals surface area contributed by atoms with Gasteiger partial charge in [0.1, 0.15) is 0 Å². The predicted octanol–water partition coefficient (Wildman–Crippen LogP) is 17.9. The highest BCUT2D eigenvalue weighted by Gasteiger charge is 2.19. The smallest absolute Gasteiger partial charge is 0.0619 e.